The van der Waals surface area contributed by atoms with Crippen molar-refractivity contribution in [2.45, 2.75) is 38.5 Å². The molecule has 0 atom stereocenters. The van der Waals surface area contributed by atoms with Gasteiger partial charge in [0.25, 0.3) is 5.91 Å². The van der Waals surface area contributed by atoms with Gasteiger partial charge in [0.2, 0.25) is 5.91 Å². The first-order valence-corrected chi connectivity index (χ1v) is 8.32. The predicted molar refractivity (Wildman–Crippen MR) is 93.3 cm³/mol. The normalized spacial score (nSPS) is 10.4. The number of nitrogens with one attached hydrogen (secondary N) is 1. The molecule has 0 aliphatic rings. The van der Waals surface area contributed by atoms with Gasteiger partial charge in [-0.05, 0) is 43.5 Å². The van der Waals surface area contributed by atoms with Gasteiger partial charge in [0.1, 0.15) is 0 Å². The number of rotatable bonds is 10. The van der Waals surface area contributed by atoms with Crippen LogP contribution in [0.4, 0.5) is 0 Å². The standard InChI is InChI=1S/C18H29N3O2/c1-21(2)18(23)16-9-7-8-15(14-16)11-13-20-17(22)10-5-3-4-6-12-19/h7-9,14H,3-6,10-13,19H2,1-2H3,(H,20,22). The van der Waals surface area contributed by atoms with Crippen molar-refractivity contribution in [1.29, 1.82) is 0 Å². The molecular weight excluding hydrogens is 290 g/mol. The lowest BCUT2D eigenvalue weighted by Gasteiger charge is -2.11. The van der Waals surface area contributed by atoms with Gasteiger partial charge in [-0.2, -0.15) is 0 Å². The largest absolute Gasteiger partial charge is 0.356 e. The molecule has 1 rings (SSSR count). The molecule has 0 fully saturated rings. The molecule has 0 unspecified atom stereocenters. The lowest BCUT2D eigenvalue weighted by molar-refractivity contribution is -0.121. The van der Waals surface area contributed by atoms with Crippen molar-refractivity contribution in [2.75, 3.05) is 27.2 Å². The van der Waals surface area contributed by atoms with Crippen LogP contribution in [0.15, 0.2) is 24.3 Å². The summed E-state index contributed by atoms with van der Waals surface area (Å²) in [4.78, 5) is 25.2. The summed E-state index contributed by atoms with van der Waals surface area (Å²) in [7, 11) is 3.48. The molecular formula is C18H29N3O2. The Bertz CT molecular complexity index is 501. The third-order valence-corrected chi connectivity index (χ3v) is 3.67. The van der Waals surface area contributed by atoms with Crippen LogP contribution in [0.5, 0.6) is 0 Å². The molecule has 1 aromatic carbocycles. The molecule has 0 heterocycles. The van der Waals surface area contributed by atoms with Gasteiger partial charge in [-0.25, -0.2) is 0 Å². The predicted octanol–water partition coefficient (Wildman–Crippen LogP) is 1.96. The van der Waals surface area contributed by atoms with Crippen LogP contribution in [0, 0.1) is 0 Å². The van der Waals surface area contributed by atoms with Crippen molar-refractivity contribution in [2.24, 2.45) is 5.73 Å². The molecule has 1 aromatic rings. The second-order valence-corrected chi connectivity index (χ2v) is 5.95. The number of carbonyl (C=O) groups is 2. The van der Waals surface area contributed by atoms with Crippen LogP contribution < -0.4 is 11.1 Å². The molecule has 0 aromatic heterocycles. The summed E-state index contributed by atoms with van der Waals surface area (Å²) in [5, 5.41) is 2.93. The van der Waals surface area contributed by atoms with Gasteiger partial charge in [-0.15, -0.1) is 0 Å². The van der Waals surface area contributed by atoms with E-state index in [0.717, 1.165) is 44.2 Å². The van der Waals surface area contributed by atoms with Gasteiger partial charge in [0.05, 0.1) is 0 Å². The fourth-order valence-electron chi connectivity index (χ4n) is 2.34. The van der Waals surface area contributed by atoms with E-state index in [1.807, 2.05) is 24.3 Å². The topological polar surface area (TPSA) is 75.4 Å². The molecule has 23 heavy (non-hydrogen) atoms. The molecule has 5 heteroatoms. The Hall–Kier alpha value is -1.88. The van der Waals surface area contributed by atoms with Crippen LogP contribution in [-0.4, -0.2) is 43.9 Å². The Labute approximate surface area is 139 Å². The highest BCUT2D eigenvalue weighted by atomic mass is 16.2. The smallest absolute Gasteiger partial charge is 0.253 e. The lowest BCUT2D eigenvalue weighted by Crippen LogP contribution is -2.25. The van der Waals surface area contributed by atoms with Crippen LogP contribution in [0.25, 0.3) is 0 Å². The Morgan fingerprint density at radius 1 is 1.13 bits per heavy atom. The van der Waals surface area contributed by atoms with Crippen LogP contribution in [0.3, 0.4) is 0 Å². The van der Waals surface area contributed by atoms with E-state index in [4.69, 9.17) is 5.73 Å². The molecule has 0 bridgehead atoms. The molecule has 5 nitrogen and oxygen atoms in total. The van der Waals surface area contributed by atoms with Gasteiger partial charge in [-0.3, -0.25) is 9.59 Å². The van der Waals surface area contributed by atoms with Crippen LogP contribution in [0.1, 0.15) is 48.0 Å². The fraction of sp³-hybridized carbons (Fsp3) is 0.556. The molecule has 0 radical (unpaired) electrons. The number of unbranched alkanes of at least 4 members (excludes halogenated alkanes) is 3. The first kappa shape index (κ1) is 19.2. The Morgan fingerprint density at radius 2 is 1.87 bits per heavy atom. The van der Waals surface area contributed by atoms with Gasteiger partial charge in [0, 0.05) is 32.6 Å². The van der Waals surface area contributed by atoms with Crippen LogP contribution in [0.2, 0.25) is 0 Å². The molecule has 2 amide bonds. The van der Waals surface area contributed by atoms with E-state index in [0.29, 0.717) is 18.5 Å². The van der Waals surface area contributed by atoms with E-state index in [9.17, 15) is 9.59 Å². The number of carbonyl (C=O) groups excluding carboxylic acids is 2. The fourth-order valence-corrected chi connectivity index (χ4v) is 2.34. The Kier molecular flexibility index (Phi) is 8.98. The average molecular weight is 319 g/mol. The van der Waals surface area contributed by atoms with Crippen LogP contribution >= 0.6 is 0 Å². The monoisotopic (exact) mass is 319 g/mol. The molecule has 0 aliphatic carbocycles. The number of hydrogen-bond acceptors (Lipinski definition) is 3. The lowest BCUT2D eigenvalue weighted by atomic mass is 10.1. The van der Waals surface area contributed by atoms with E-state index >= 15 is 0 Å². The average Bonchev–Trinajstić information content (AvgIpc) is 2.54. The molecule has 3 N–H and O–H groups in total. The minimum absolute atomic E-state index is 0.00614. The van der Waals surface area contributed by atoms with Crippen LogP contribution in [-0.2, 0) is 11.2 Å². The zero-order valence-corrected chi connectivity index (χ0v) is 14.3. The second-order valence-electron chi connectivity index (χ2n) is 5.95. The van der Waals surface area contributed by atoms with Gasteiger partial charge in [0.15, 0.2) is 0 Å². The maximum absolute atomic E-state index is 11.9. The second kappa shape index (κ2) is 10.8. The summed E-state index contributed by atoms with van der Waals surface area (Å²) >= 11 is 0. The van der Waals surface area contributed by atoms with E-state index in [-0.39, 0.29) is 11.8 Å². The highest BCUT2D eigenvalue weighted by Gasteiger charge is 2.08. The summed E-state index contributed by atoms with van der Waals surface area (Å²) in [6, 6.07) is 7.56. The number of nitrogens with zero attached hydrogens (tertiary/aromatic N) is 1. The molecule has 0 saturated carbocycles. The third kappa shape index (κ3) is 7.79. The van der Waals surface area contributed by atoms with Crippen molar-refractivity contribution >= 4 is 11.8 Å². The summed E-state index contributed by atoms with van der Waals surface area (Å²) in [5.41, 5.74) is 7.17. The first-order valence-electron chi connectivity index (χ1n) is 8.32. The summed E-state index contributed by atoms with van der Waals surface area (Å²) in [6.45, 7) is 1.32. The van der Waals surface area contributed by atoms with Crippen molar-refractivity contribution < 1.29 is 9.59 Å². The van der Waals surface area contributed by atoms with Gasteiger partial charge >= 0.3 is 0 Å². The van der Waals surface area contributed by atoms with Gasteiger partial charge < -0.3 is 16.0 Å². The Morgan fingerprint density at radius 3 is 2.57 bits per heavy atom. The summed E-state index contributed by atoms with van der Waals surface area (Å²) in [5.74, 6) is 0.0895. The number of nitrogens with two attached hydrogens (primary N) is 1. The molecule has 0 aliphatic heterocycles. The maximum Gasteiger partial charge on any atom is 0.253 e. The maximum atomic E-state index is 11.9. The number of benzene rings is 1. The zero-order chi connectivity index (χ0) is 17.1. The van der Waals surface area contributed by atoms with E-state index in [1.54, 1.807) is 19.0 Å². The van der Waals surface area contributed by atoms with Crippen molar-refractivity contribution in [1.82, 2.24) is 10.2 Å². The highest BCUT2D eigenvalue weighted by molar-refractivity contribution is 5.94. The zero-order valence-electron chi connectivity index (χ0n) is 14.3. The van der Waals surface area contributed by atoms with E-state index < -0.39 is 0 Å². The first-order chi connectivity index (χ1) is 11.0. The highest BCUT2D eigenvalue weighted by Crippen LogP contribution is 2.08. The molecule has 128 valence electrons. The van der Waals surface area contributed by atoms with Crippen molar-refractivity contribution in [3.8, 4) is 0 Å². The van der Waals surface area contributed by atoms with E-state index in [2.05, 4.69) is 5.32 Å². The van der Waals surface area contributed by atoms with Gasteiger partial charge in [-0.1, -0.05) is 25.0 Å². The molecule has 0 spiro atoms. The third-order valence-electron chi connectivity index (χ3n) is 3.67. The summed E-state index contributed by atoms with van der Waals surface area (Å²) < 4.78 is 0. The minimum atomic E-state index is -0.00614. The minimum Gasteiger partial charge on any atom is -0.356 e. The number of amides is 2. The Balaban J connectivity index is 2.29. The SMILES string of the molecule is CN(C)C(=O)c1cccc(CCNC(=O)CCCCCCN)c1. The number of hydrogen-bond donors (Lipinski definition) is 2. The summed E-state index contributed by atoms with van der Waals surface area (Å²) in [6.07, 6.45) is 5.40. The molecule has 0 saturated heterocycles. The quantitative estimate of drug-likeness (QED) is 0.647. The van der Waals surface area contributed by atoms with E-state index in [1.165, 1.54) is 0 Å². The van der Waals surface area contributed by atoms with Crippen molar-refractivity contribution in [3.63, 3.8) is 0 Å². The van der Waals surface area contributed by atoms with Crippen molar-refractivity contribution in [3.05, 3.63) is 35.4 Å².